The molecule has 0 amide bonds. The quantitative estimate of drug-likeness (QED) is 0.902. The Morgan fingerprint density at radius 3 is 2.58 bits per heavy atom. The Morgan fingerprint density at radius 2 is 1.95 bits per heavy atom. The SMILES string of the molecule is CC(Cc1ccccc1)Nc1ccc(C#N)c(F)c1. The lowest BCUT2D eigenvalue weighted by Crippen LogP contribution is -2.18. The third-order valence-electron chi connectivity index (χ3n) is 2.89. The van der Waals surface area contributed by atoms with Gasteiger partial charge < -0.3 is 5.32 Å². The first-order chi connectivity index (χ1) is 9.19. The van der Waals surface area contributed by atoms with Crippen molar-refractivity contribution in [1.29, 1.82) is 5.26 Å². The molecule has 1 unspecified atom stereocenters. The lowest BCUT2D eigenvalue weighted by Gasteiger charge is -2.15. The molecule has 0 aliphatic rings. The first-order valence-corrected chi connectivity index (χ1v) is 6.19. The van der Waals surface area contributed by atoms with Crippen molar-refractivity contribution in [2.45, 2.75) is 19.4 Å². The molecule has 0 saturated heterocycles. The van der Waals surface area contributed by atoms with Gasteiger partial charge >= 0.3 is 0 Å². The number of hydrogen-bond acceptors (Lipinski definition) is 2. The van der Waals surface area contributed by atoms with Crippen molar-refractivity contribution in [3.8, 4) is 6.07 Å². The first-order valence-electron chi connectivity index (χ1n) is 6.19. The first kappa shape index (κ1) is 13.1. The zero-order valence-electron chi connectivity index (χ0n) is 10.7. The van der Waals surface area contributed by atoms with Gasteiger partial charge in [0.1, 0.15) is 11.9 Å². The minimum atomic E-state index is -0.487. The minimum Gasteiger partial charge on any atom is -0.382 e. The van der Waals surface area contributed by atoms with Gasteiger partial charge in [0.2, 0.25) is 0 Å². The number of hydrogen-bond donors (Lipinski definition) is 1. The molecular weight excluding hydrogens is 239 g/mol. The van der Waals surface area contributed by atoms with E-state index < -0.39 is 5.82 Å². The van der Waals surface area contributed by atoms with E-state index in [4.69, 9.17) is 5.26 Å². The molecule has 3 heteroatoms. The van der Waals surface area contributed by atoms with E-state index in [1.165, 1.54) is 17.7 Å². The molecule has 1 atom stereocenters. The summed E-state index contributed by atoms with van der Waals surface area (Å²) in [5.41, 5.74) is 2.00. The Balaban J connectivity index is 2.01. The average Bonchev–Trinajstić information content (AvgIpc) is 2.40. The molecule has 0 aromatic heterocycles. The highest BCUT2D eigenvalue weighted by molar-refractivity contribution is 5.48. The van der Waals surface area contributed by atoms with E-state index in [0.29, 0.717) is 5.69 Å². The van der Waals surface area contributed by atoms with Gasteiger partial charge in [0.05, 0.1) is 5.56 Å². The molecule has 2 aromatic carbocycles. The van der Waals surface area contributed by atoms with Crippen LogP contribution in [0.5, 0.6) is 0 Å². The van der Waals surface area contributed by atoms with Gasteiger partial charge in [-0.15, -0.1) is 0 Å². The van der Waals surface area contributed by atoms with Gasteiger partial charge in [-0.05, 0) is 37.1 Å². The summed E-state index contributed by atoms with van der Waals surface area (Å²) in [7, 11) is 0. The van der Waals surface area contributed by atoms with Crippen molar-refractivity contribution in [3.05, 3.63) is 65.5 Å². The monoisotopic (exact) mass is 254 g/mol. The van der Waals surface area contributed by atoms with Crippen LogP contribution in [-0.4, -0.2) is 6.04 Å². The lowest BCUT2D eigenvalue weighted by atomic mass is 10.1. The van der Waals surface area contributed by atoms with Gasteiger partial charge in [-0.1, -0.05) is 30.3 Å². The van der Waals surface area contributed by atoms with Gasteiger partial charge in [0, 0.05) is 11.7 Å². The third kappa shape index (κ3) is 3.56. The van der Waals surface area contributed by atoms with E-state index in [1.807, 2.05) is 31.2 Å². The predicted octanol–water partition coefficient (Wildman–Crippen LogP) is 3.74. The lowest BCUT2D eigenvalue weighted by molar-refractivity contribution is 0.624. The smallest absolute Gasteiger partial charge is 0.143 e. The average molecular weight is 254 g/mol. The number of anilines is 1. The van der Waals surface area contributed by atoms with Gasteiger partial charge in [-0.3, -0.25) is 0 Å². The molecule has 1 N–H and O–H groups in total. The largest absolute Gasteiger partial charge is 0.382 e. The molecule has 0 heterocycles. The van der Waals surface area contributed by atoms with E-state index in [-0.39, 0.29) is 11.6 Å². The van der Waals surface area contributed by atoms with Gasteiger partial charge in [-0.25, -0.2) is 4.39 Å². The number of rotatable bonds is 4. The van der Waals surface area contributed by atoms with Crippen LogP contribution >= 0.6 is 0 Å². The van der Waals surface area contributed by atoms with Crippen LogP contribution in [0.2, 0.25) is 0 Å². The van der Waals surface area contributed by atoms with Crippen molar-refractivity contribution in [2.24, 2.45) is 0 Å². The summed E-state index contributed by atoms with van der Waals surface area (Å²) >= 11 is 0. The molecule has 96 valence electrons. The fourth-order valence-electron chi connectivity index (χ4n) is 2.00. The summed E-state index contributed by atoms with van der Waals surface area (Å²) in [4.78, 5) is 0. The summed E-state index contributed by atoms with van der Waals surface area (Å²) < 4.78 is 13.5. The Bertz CT molecular complexity index is 587. The van der Waals surface area contributed by atoms with E-state index in [0.717, 1.165) is 6.42 Å². The van der Waals surface area contributed by atoms with Crippen molar-refractivity contribution < 1.29 is 4.39 Å². The van der Waals surface area contributed by atoms with Crippen LogP contribution in [0.15, 0.2) is 48.5 Å². The molecule has 2 rings (SSSR count). The Hall–Kier alpha value is -2.34. The van der Waals surface area contributed by atoms with Crippen LogP contribution in [0.1, 0.15) is 18.1 Å². The second-order valence-electron chi connectivity index (χ2n) is 4.54. The molecule has 0 bridgehead atoms. The molecule has 19 heavy (non-hydrogen) atoms. The second kappa shape index (κ2) is 6.01. The normalized spacial score (nSPS) is 11.6. The predicted molar refractivity (Wildman–Crippen MR) is 74.3 cm³/mol. The standard InChI is InChI=1S/C16H15FN2/c1-12(9-13-5-3-2-4-6-13)19-15-8-7-14(11-18)16(17)10-15/h2-8,10,12,19H,9H2,1H3. The summed E-state index contributed by atoms with van der Waals surface area (Å²) in [5, 5.41) is 11.9. The summed E-state index contributed by atoms with van der Waals surface area (Å²) in [6.07, 6.45) is 0.864. The van der Waals surface area contributed by atoms with Gasteiger partial charge in [-0.2, -0.15) is 5.26 Å². The highest BCUT2D eigenvalue weighted by Crippen LogP contribution is 2.15. The highest BCUT2D eigenvalue weighted by atomic mass is 19.1. The van der Waals surface area contributed by atoms with Gasteiger partial charge in [0.25, 0.3) is 0 Å². The van der Waals surface area contributed by atoms with Crippen LogP contribution < -0.4 is 5.32 Å². The van der Waals surface area contributed by atoms with Crippen LogP contribution in [0.25, 0.3) is 0 Å². The Morgan fingerprint density at radius 1 is 1.21 bits per heavy atom. The summed E-state index contributed by atoms with van der Waals surface area (Å²) in [6.45, 7) is 2.04. The molecule has 0 aliphatic heterocycles. The molecule has 2 aromatic rings. The Kier molecular flexibility index (Phi) is 4.15. The maximum atomic E-state index is 13.5. The second-order valence-corrected chi connectivity index (χ2v) is 4.54. The van der Waals surface area contributed by atoms with Crippen molar-refractivity contribution in [3.63, 3.8) is 0 Å². The molecule has 0 radical (unpaired) electrons. The fourth-order valence-corrected chi connectivity index (χ4v) is 2.00. The molecule has 2 nitrogen and oxygen atoms in total. The van der Waals surface area contributed by atoms with Crippen LogP contribution in [0, 0.1) is 17.1 Å². The van der Waals surface area contributed by atoms with E-state index >= 15 is 0 Å². The maximum Gasteiger partial charge on any atom is 0.143 e. The van der Waals surface area contributed by atoms with E-state index in [1.54, 1.807) is 6.07 Å². The van der Waals surface area contributed by atoms with Crippen molar-refractivity contribution in [1.82, 2.24) is 0 Å². The summed E-state index contributed by atoms with van der Waals surface area (Å²) in [6, 6.07) is 16.7. The summed E-state index contributed by atoms with van der Waals surface area (Å²) in [5.74, 6) is -0.487. The van der Waals surface area contributed by atoms with E-state index in [2.05, 4.69) is 17.4 Å². The molecule has 0 fully saturated rings. The minimum absolute atomic E-state index is 0.0706. The third-order valence-corrected chi connectivity index (χ3v) is 2.89. The Labute approximate surface area is 112 Å². The van der Waals surface area contributed by atoms with Crippen LogP contribution in [0.4, 0.5) is 10.1 Å². The molecule has 0 saturated carbocycles. The number of halogens is 1. The van der Waals surface area contributed by atoms with Crippen molar-refractivity contribution >= 4 is 5.69 Å². The van der Waals surface area contributed by atoms with Gasteiger partial charge in [0.15, 0.2) is 0 Å². The van der Waals surface area contributed by atoms with Crippen LogP contribution in [-0.2, 0) is 6.42 Å². The van der Waals surface area contributed by atoms with Crippen molar-refractivity contribution in [2.75, 3.05) is 5.32 Å². The maximum absolute atomic E-state index is 13.5. The number of nitriles is 1. The zero-order valence-corrected chi connectivity index (χ0v) is 10.7. The van der Waals surface area contributed by atoms with Crippen LogP contribution in [0.3, 0.4) is 0 Å². The zero-order chi connectivity index (χ0) is 13.7. The number of nitrogens with one attached hydrogen (secondary N) is 1. The van der Waals surface area contributed by atoms with E-state index in [9.17, 15) is 4.39 Å². The highest BCUT2D eigenvalue weighted by Gasteiger charge is 2.06. The fraction of sp³-hybridized carbons (Fsp3) is 0.188. The molecule has 0 spiro atoms. The topological polar surface area (TPSA) is 35.8 Å². The molecule has 0 aliphatic carbocycles. The number of benzene rings is 2. The number of nitrogens with zero attached hydrogens (tertiary/aromatic N) is 1. The molecular formula is C16H15FN2.